The predicted octanol–water partition coefficient (Wildman–Crippen LogP) is 5.35. The average Bonchev–Trinajstić information content (AvgIpc) is 2.57. The number of benzene rings is 3. The van der Waals surface area contributed by atoms with Gasteiger partial charge in [0.15, 0.2) is 0 Å². The van der Waals surface area contributed by atoms with Crippen molar-refractivity contribution in [2.24, 2.45) is 0 Å². The lowest BCUT2D eigenvalue weighted by Crippen LogP contribution is -2.27. The minimum atomic E-state index is 0.0531. The highest BCUT2D eigenvalue weighted by atomic mass is 35.5. The average molecular weight is 358 g/mol. The second-order valence-corrected chi connectivity index (χ2v) is 6.64. The van der Waals surface area contributed by atoms with Gasteiger partial charge in [-0.25, -0.2) is 0 Å². The number of rotatable bonds is 4. The summed E-state index contributed by atoms with van der Waals surface area (Å²) in [6, 6.07) is 19.5. The van der Waals surface area contributed by atoms with E-state index in [0.717, 1.165) is 21.9 Å². The molecule has 0 fully saturated rings. The van der Waals surface area contributed by atoms with E-state index in [1.54, 1.807) is 24.1 Å². The summed E-state index contributed by atoms with van der Waals surface area (Å²) in [5.41, 5.74) is 1.92. The molecule has 0 radical (unpaired) electrons. The zero-order chi connectivity index (χ0) is 17.1. The molecule has 2 nitrogen and oxygen atoms in total. The number of carbonyl (C=O) groups is 1. The zero-order valence-corrected chi connectivity index (χ0v) is 14.8. The van der Waals surface area contributed by atoms with Gasteiger partial charge in [0.25, 0.3) is 0 Å². The lowest BCUT2D eigenvalue weighted by Gasteiger charge is -2.19. The normalized spacial score (nSPS) is 10.8. The monoisotopic (exact) mass is 357 g/mol. The summed E-state index contributed by atoms with van der Waals surface area (Å²) < 4.78 is 0. The Morgan fingerprint density at radius 2 is 1.71 bits per heavy atom. The minimum Gasteiger partial charge on any atom is -0.341 e. The Bertz CT molecular complexity index is 886. The van der Waals surface area contributed by atoms with Gasteiger partial charge in [0.2, 0.25) is 5.91 Å². The molecule has 0 aliphatic heterocycles. The van der Waals surface area contributed by atoms with Crippen LogP contribution in [0.5, 0.6) is 0 Å². The fourth-order valence-corrected chi connectivity index (χ4v) is 3.21. The molecule has 0 aliphatic carbocycles. The summed E-state index contributed by atoms with van der Waals surface area (Å²) in [6.07, 6.45) is 0.364. The van der Waals surface area contributed by atoms with Crippen LogP contribution < -0.4 is 0 Å². The SMILES string of the molecule is CN(Cc1ccc(Cl)cc1Cl)C(=O)Cc1cccc2ccccc12. The van der Waals surface area contributed by atoms with Crippen LogP contribution in [0.2, 0.25) is 10.0 Å². The fourth-order valence-electron chi connectivity index (χ4n) is 2.74. The molecule has 1 amide bonds. The van der Waals surface area contributed by atoms with Crippen molar-refractivity contribution in [1.82, 2.24) is 4.90 Å². The van der Waals surface area contributed by atoms with E-state index in [1.807, 2.05) is 36.4 Å². The van der Waals surface area contributed by atoms with E-state index in [1.165, 1.54) is 0 Å². The van der Waals surface area contributed by atoms with Crippen molar-refractivity contribution in [3.63, 3.8) is 0 Å². The Morgan fingerprint density at radius 3 is 2.50 bits per heavy atom. The maximum atomic E-state index is 12.6. The van der Waals surface area contributed by atoms with Gasteiger partial charge in [0.05, 0.1) is 6.42 Å². The third-order valence-electron chi connectivity index (χ3n) is 4.07. The number of hydrogen-bond donors (Lipinski definition) is 0. The molecule has 3 aromatic rings. The first kappa shape index (κ1) is 16.8. The minimum absolute atomic E-state index is 0.0531. The molecule has 0 saturated carbocycles. The smallest absolute Gasteiger partial charge is 0.227 e. The molecular weight excluding hydrogens is 341 g/mol. The molecule has 0 aliphatic rings. The van der Waals surface area contributed by atoms with E-state index >= 15 is 0 Å². The Hall–Kier alpha value is -2.03. The van der Waals surface area contributed by atoms with Gasteiger partial charge in [-0.05, 0) is 34.0 Å². The van der Waals surface area contributed by atoms with Crippen LogP contribution in [-0.2, 0) is 17.8 Å². The number of amides is 1. The second-order valence-electron chi connectivity index (χ2n) is 5.80. The fraction of sp³-hybridized carbons (Fsp3) is 0.150. The lowest BCUT2D eigenvalue weighted by atomic mass is 10.0. The number of halogens is 2. The first-order chi connectivity index (χ1) is 11.5. The number of hydrogen-bond acceptors (Lipinski definition) is 1. The van der Waals surface area contributed by atoms with Crippen LogP contribution in [0.15, 0.2) is 60.7 Å². The van der Waals surface area contributed by atoms with Gasteiger partial charge in [-0.3, -0.25) is 4.79 Å². The summed E-state index contributed by atoms with van der Waals surface area (Å²) in [5.74, 6) is 0.0531. The van der Waals surface area contributed by atoms with Gasteiger partial charge in [-0.2, -0.15) is 0 Å². The molecule has 3 aromatic carbocycles. The van der Waals surface area contributed by atoms with Crippen LogP contribution >= 0.6 is 23.2 Å². The summed E-state index contributed by atoms with van der Waals surface area (Å²) in [5, 5.41) is 3.43. The maximum Gasteiger partial charge on any atom is 0.227 e. The van der Waals surface area contributed by atoms with Crippen LogP contribution in [0, 0.1) is 0 Å². The molecule has 3 rings (SSSR count). The van der Waals surface area contributed by atoms with E-state index in [9.17, 15) is 4.79 Å². The molecule has 0 bridgehead atoms. The highest BCUT2D eigenvalue weighted by Crippen LogP contribution is 2.23. The van der Waals surface area contributed by atoms with Crippen molar-refractivity contribution in [2.75, 3.05) is 7.05 Å². The lowest BCUT2D eigenvalue weighted by molar-refractivity contribution is -0.129. The van der Waals surface area contributed by atoms with Gasteiger partial charge in [-0.15, -0.1) is 0 Å². The van der Waals surface area contributed by atoms with Crippen LogP contribution in [0.1, 0.15) is 11.1 Å². The third kappa shape index (κ3) is 3.72. The van der Waals surface area contributed by atoms with Crippen molar-refractivity contribution in [3.8, 4) is 0 Å². The maximum absolute atomic E-state index is 12.6. The largest absolute Gasteiger partial charge is 0.341 e. The first-order valence-corrected chi connectivity index (χ1v) is 8.45. The van der Waals surface area contributed by atoms with Crippen molar-refractivity contribution in [2.45, 2.75) is 13.0 Å². The molecule has 122 valence electrons. The second kappa shape index (κ2) is 7.25. The highest BCUT2D eigenvalue weighted by molar-refractivity contribution is 6.35. The molecule has 0 atom stereocenters. The van der Waals surface area contributed by atoms with Gasteiger partial charge < -0.3 is 4.90 Å². The molecule has 0 saturated heterocycles. The number of nitrogens with zero attached hydrogens (tertiary/aromatic N) is 1. The van der Waals surface area contributed by atoms with Crippen LogP contribution in [0.3, 0.4) is 0 Å². The Morgan fingerprint density at radius 1 is 0.958 bits per heavy atom. The summed E-state index contributed by atoms with van der Waals surface area (Å²) in [7, 11) is 1.79. The van der Waals surface area contributed by atoms with E-state index in [4.69, 9.17) is 23.2 Å². The van der Waals surface area contributed by atoms with E-state index < -0.39 is 0 Å². The van der Waals surface area contributed by atoms with Crippen molar-refractivity contribution >= 4 is 39.9 Å². The topological polar surface area (TPSA) is 20.3 Å². The quantitative estimate of drug-likeness (QED) is 0.616. The van der Waals surface area contributed by atoms with Crippen molar-refractivity contribution in [3.05, 3.63) is 81.8 Å². The summed E-state index contributed by atoms with van der Waals surface area (Å²) >= 11 is 12.1. The molecule has 0 spiro atoms. The first-order valence-electron chi connectivity index (χ1n) is 7.69. The van der Waals surface area contributed by atoms with Gasteiger partial charge in [-0.1, -0.05) is 71.7 Å². The summed E-state index contributed by atoms with van der Waals surface area (Å²) in [4.78, 5) is 14.3. The molecule has 0 N–H and O–H groups in total. The van der Waals surface area contributed by atoms with E-state index in [0.29, 0.717) is 23.0 Å². The van der Waals surface area contributed by atoms with Crippen molar-refractivity contribution < 1.29 is 4.79 Å². The van der Waals surface area contributed by atoms with Crippen LogP contribution in [0.25, 0.3) is 10.8 Å². The number of carbonyl (C=O) groups excluding carboxylic acids is 1. The molecule has 0 heterocycles. The Balaban J connectivity index is 1.76. The number of likely N-dealkylation sites (N-methyl/N-ethyl adjacent to an activating group) is 1. The molecule has 0 unspecified atom stereocenters. The molecular formula is C20H17Cl2NO. The van der Waals surface area contributed by atoms with Gasteiger partial charge in [0, 0.05) is 23.6 Å². The highest BCUT2D eigenvalue weighted by Gasteiger charge is 2.13. The Kier molecular flexibility index (Phi) is 5.08. The number of fused-ring (bicyclic) bond motifs is 1. The standard InChI is InChI=1S/C20H17Cl2NO/c1-23(13-16-9-10-17(21)12-19(16)22)20(24)11-15-7-4-6-14-5-2-3-8-18(14)15/h2-10,12H,11,13H2,1H3. The summed E-state index contributed by atoms with van der Waals surface area (Å²) in [6.45, 7) is 0.458. The van der Waals surface area contributed by atoms with E-state index in [2.05, 4.69) is 12.1 Å². The van der Waals surface area contributed by atoms with Gasteiger partial charge >= 0.3 is 0 Å². The van der Waals surface area contributed by atoms with Gasteiger partial charge in [0.1, 0.15) is 0 Å². The predicted molar refractivity (Wildman–Crippen MR) is 101 cm³/mol. The Labute approximate surface area is 151 Å². The van der Waals surface area contributed by atoms with Crippen LogP contribution in [0.4, 0.5) is 0 Å². The third-order valence-corrected chi connectivity index (χ3v) is 4.66. The zero-order valence-electron chi connectivity index (χ0n) is 13.3. The van der Waals surface area contributed by atoms with Crippen LogP contribution in [-0.4, -0.2) is 17.9 Å². The van der Waals surface area contributed by atoms with E-state index in [-0.39, 0.29) is 5.91 Å². The molecule has 4 heteroatoms. The molecule has 0 aromatic heterocycles. The molecule has 24 heavy (non-hydrogen) atoms. The van der Waals surface area contributed by atoms with Crippen molar-refractivity contribution in [1.29, 1.82) is 0 Å².